The van der Waals surface area contributed by atoms with Crippen molar-refractivity contribution in [2.75, 3.05) is 32.6 Å². The highest BCUT2D eigenvalue weighted by Gasteiger charge is 2.28. The molecule has 110 valence electrons. The Morgan fingerprint density at radius 3 is 2.80 bits per heavy atom. The number of methoxy groups -OCH3 is 1. The van der Waals surface area contributed by atoms with E-state index in [0.29, 0.717) is 11.6 Å². The Labute approximate surface area is 125 Å². The van der Waals surface area contributed by atoms with Crippen LogP contribution >= 0.6 is 11.6 Å². The molecule has 2 unspecified atom stereocenters. The number of ether oxygens (including phenoxy) is 1. The first-order chi connectivity index (χ1) is 9.52. The summed E-state index contributed by atoms with van der Waals surface area (Å²) in [5.74, 6) is -0.318. The third-order valence-electron chi connectivity index (χ3n) is 3.84. The van der Waals surface area contributed by atoms with E-state index in [2.05, 4.69) is 23.9 Å². The fraction of sp³-hybridized carbons (Fsp3) is 0.533. The van der Waals surface area contributed by atoms with Gasteiger partial charge in [0, 0.05) is 18.3 Å². The number of carbonyl (C=O) groups is 1. The molecule has 5 heteroatoms. The fourth-order valence-corrected chi connectivity index (χ4v) is 3.00. The number of alkyl halides is 1. The Kier molecular flexibility index (Phi) is 4.89. The predicted molar refractivity (Wildman–Crippen MR) is 81.5 cm³/mol. The van der Waals surface area contributed by atoms with Crippen molar-refractivity contribution in [2.24, 2.45) is 0 Å². The first kappa shape index (κ1) is 15.1. The van der Waals surface area contributed by atoms with Gasteiger partial charge in [-0.25, -0.2) is 4.79 Å². The summed E-state index contributed by atoms with van der Waals surface area (Å²) in [6.45, 7) is 0.891. The highest BCUT2D eigenvalue weighted by Crippen LogP contribution is 2.29. The van der Waals surface area contributed by atoms with Gasteiger partial charge in [0.05, 0.1) is 12.7 Å². The zero-order chi connectivity index (χ0) is 14.7. The van der Waals surface area contributed by atoms with Crippen LogP contribution in [0.3, 0.4) is 0 Å². The second-order valence-electron chi connectivity index (χ2n) is 5.31. The van der Waals surface area contributed by atoms with E-state index in [1.165, 1.54) is 7.11 Å². The lowest BCUT2D eigenvalue weighted by Crippen LogP contribution is -2.46. The van der Waals surface area contributed by atoms with Crippen LogP contribution in [0.5, 0.6) is 0 Å². The highest BCUT2D eigenvalue weighted by molar-refractivity contribution is 6.22. The maximum absolute atomic E-state index is 11.6. The minimum absolute atomic E-state index is 0.0518. The van der Waals surface area contributed by atoms with Crippen LogP contribution < -0.4 is 4.90 Å². The largest absolute Gasteiger partial charge is 0.465 e. The Morgan fingerprint density at radius 1 is 1.45 bits per heavy atom. The van der Waals surface area contributed by atoms with Gasteiger partial charge in [0.1, 0.15) is 5.50 Å². The van der Waals surface area contributed by atoms with Gasteiger partial charge in [-0.15, -0.1) is 0 Å². The minimum atomic E-state index is -0.318. The maximum atomic E-state index is 11.6. The molecule has 20 heavy (non-hydrogen) atoms. The summed E-state index contributed by atoms with van der Waals surface area (Å²) in [6.07, 6.45) is 1.98. The van der Waals surface area contributed by atoms with Crippen molar-refractivity contribution in [2.45, 2.75) is 24.4 Å². The molecule has 0 saturated carbocycles. The maximum Gasteiger partial charge on any atom is 0.337 e. The molecule has 0 amide bonds. The van der Waals surface area contributed by atoms with Crippen molar-refractivity contribution in [1.82, 2.24) is 4.90 Å². The Balaban J connectivity index is 2.14. The smallest absolute Gasteiger partial charge is 0.337 e. The molecular formula is C15H21ClN2O2. The van der Waals surface area contributed by atoms with Crippen LogP contribution in [0, 0.1) is 0 Å². The minimum Gasteiger partial charge on any atom is -0.465 e. The lowest BCUT2D eigenvalue weighted by atomic mass is 10.0. The quantitative estimate of drug-likeness (QED) is 0.488. The van der Waals surface area contributed by atoms with Crippen molar-refractivity contribution >= 4 is 23.3 Å². The van der Waals surface area contributed by atoms with Crippen molar-refractivity contribution < 1.29 is 9.53 Å². The van der Waals surface area contributed by atoms with Gasteiger partial charge in [-0.05, 0) is 45.1 Å². The topological polar surface area (TPSA) is 32.8 Å². The van der Waals surface area contributed by atoms with Gasteiger partial charge < -0.3 is 14.5 Å². The zero-order valence-electron chi connectivity index (χ0n) is 12.2. The molecule has 1 aliphatic heterocycles. The summed E-state index contributed by atoms with van der Waals surface area (Å²) in [4.78, 5) is 16.0. The molecule has 2 rings (SSSR count). The number of carbonyl (C=O) groups excluding carboxylic acids is 1. The van der Waals surface area contributed by atoms with Crippen molar-refractivity contribution in [3.05, 3.63) is 29.8 Å². The molecule has 1 heterocycles. The zero-order valence-corrected chi connectivity index (χ0v) is 12.9. The molecule has 0 aromatic heterocycles. The highest BCUT2D eigenvalue weighted by atomic mass is 35.5. The van der Waals surface area contributed by atoms with E-state index in [0.717, 1.165) is 25.1 Å². The lowest BCUT2D eigenvalue weighted by Gasteiger charge is -2.40. The van der Waals surface area contributed by atoms with Crippen LogP contribution in [0.4, 0.5) is 5.69 Å². The number of anilines is 1. The summed E-state index contributed by atoms with van der Waals surface area (Å²) < 4.78 is 4.76. The van der Waals surface area contributed by atoms with E-state index >= 15 is 0 Å². The summed E-state index contributed by atoms with van der Waals surface area (Å²) >= 11 is 6.50. The van der Waals surface area contributed by atoms with Crippen LogP contribution in [0.15, 0.2) is 24.3 Å². The first-order valence-corrected chi connectivity index (χ1v) is 7.22. The van der Waals surface area contributed by atoms with Gasteiger partial charge in [0.25, 0.3) is 0 Å². The second kappa shape index (κ2) is 6.46. The number of hydrogen-bond donors (Lipinski definition) is 0. The molecule has 0 spiro atoms. The van der Waals surface area contributed by atoms with E-state index in [9.17, 15) is 4.79 Å². The van der Waals surface area contributed by atoms with E-state index in [-0.39, 0.29) is 11.5 Å². The normalized spacial score (nSPS) is 22.9. The van der Waals surface area contributed by atoms with E-state index in [4.69, 9.17) is 16.3 Å². The Morgan fingerprint density at radius 2 is 2.20 bits per heavy atom. The average molecular weight is 297 g/mol. The van der Waals surface area contributed by atoms with Crippen molar-refractivity contribution in [1.29, 1.82) is 0 Å². The molecule has 1 aromatic carbocycles. The van der Waals surface area contributed by atoms with Gasteiger partial charge in [-0.3, -0.25) is 0 Å². The number of hydrogen-bond acceptors (Lipinski definition) is 4. The van der Waals surface area contributed by atoms with Gasteiger partial charge in [-0.2, -0.15) is 0 Å². The molecule has 0 radical (unpaired) electrons. The predicted octanol–water partition coefficient (Wildman–Crippen LogP) is 2.57. The number of benzene rings is 1. The fourth-order valence-electron chi connectivity index (χ4n) is 2.59. The summed E-state index contributed by atoms with van der Waals surface area (Å²) in [7, 11) is 5.56. The Hall–Kier alpha value is -1.26. The second-order valence-corrected chi connectivity index (χ2v) is 5.82. The van der Waals surface area contributed by atoms with Crippen LogP contribution in [-0.2, 0) is 4.74 Å². The Bertz CT molecular complexity index is 479. The van der Waals surface area contributed by atoms with Crippen LogP contribution in [0.25, 0.3) is 0 Å². The molecule has 4 nitrogen and oxygen atoms in total. The first-order valence-electron chi connectivity index (χ1n) is 6.78. The lowest BCUT2D eigenvalue weighted by molar-refractivity contribution is 0.0600. The molecule has 0 aliphatic carbocycles. The standard InChI is InChI=1S/C15H21ClN2O2/c1-17(2)12-7-8-18(14(16)10-12)13-6-4-5-11(9-13)15(19)20-3/h4-6,9,12,14H,7-8,10H2,1-3H3. The average Bonchev–Trinajstić information content (AvgIpc) is 2.46. The van der Waals surface area contributed by atoms with E-state index < -0.39 is 0 Å². The van der Waals surface area contributed by atoms with Gasteiger partial charge >= 0.3 is 5.97 Å². The van der Waals surface area contributed by atoms with Gasteiger partial charge in [-0.1, -0.05) is 17.7 Å². The van der Waals surface area contributed by atoms with E-state index in [1.807, 2.05) is 18.2 Å². The van der Waals surface area contributed by atoms with Crippen molar-refractivity contribution in [3.8, 4) is 0 Å². The molecule has 1 saturated heterocycles. The number of esters is 1. The van der Waals surface area contributed by atoms with Gasteiger partial charge in [0.2, 0.25) is 0 Å². The third kappa shape index (κ3) is 3.25. The number of halogens is 1. The number of piperidine rings is 1. The molecule has 0 N–H and O–H groups in total. The molecule has 1 aromatic rings. The molecule has 0 bridgehead atoms. The summed E-state index contributed by atoms with van der Waals surface area (Å²) in [5.41, 5.74) is 1.48. The molecule has 1 aliphatic rings. The van der Waals surface area contributed by atoms with Crippen LogP contribution in [0.2, 0.25) is 0 Å². The summed E-state index contributed by atoms with van der Waals surface area (Å²) in [5, 5.41) is 0. The SMILES string of the molecule is COC(=O)c1cccc(N2CCC(N(C)C)CC2Cl)c1. The van der Waals surface area contributed by atoms with Gasteiger partial charge in [0.15, 0.2) is 0 Å². The van der Waals surface area contributed by atoms with Crippen LogP contribution in [0.1, 0.15) is 23.2 Å². The van der Waals surface area contributed by atoms with E-state index in [1.54, 1.807) is 6.07 Å². The van der Waals surface area contributed by atoms with Crippen molar-refractivity contribution in [3.63, 3.8) is 0 Å². The third-order valence-corrected chi connectivity index (χ3v) is 4.25. The number of rotatable bonds is 3. The summed E-state index contributed by atoms with van der Waals surface area (Å²) in [6, 6.07) is 7.96. The molecule has 1 fully saturated rings. The molecule has 2 atom stereocenters. The molecular weight excluding hydrogens is 276 g/mol. The van der Waals surface area contributed by atoms with Crippen LogP contribution in [-0.4, -0.2) is 50.2 Å². The number of nitrogens with zero attached hydrogens (tertiary/aromatic N) is 2. The monoisotopic (exact) mass is 296 g/mol.